The summed E-state index contributed by atoms with van der Waals surface area (Å²) in [7, 11) is 1.61. The van der Waals surface area contributed by atoms with Gasteiger partial charge in [-0.05, 0) is 24.5 Å². The Bertz CT molecular complexity index is 486. The molecule has 1 fully saturated rings. The molecule has 19 heavy (non-hydrogen) atoms. The third-order valence-corrected chi connectivity index (χ3v) is 3.33. The second-order valence-electron chi connectivity index (χ2n) is 4.64. The largest absolute Gasteiger partial charge is 0.496 e. The number of rotatable bonds is 6. The number of carbonyl (C=O) groups excluding carboxylic acids is 1. The molecule has 0 heterocycles. The summed E-state index contributed by atoms with van der Waals surface area (Å²) in [5.74, 6) is -1.10. The first-order valence-electron chi connectivity index (χ1n) is 6.26. The SMILES string of the molecule is COc1ccccc1CCNC(=O)[C@@H]1C[C@@H]1C(=O)O. The first-order valence-corrected chi connectivity index (χ1v) is 6.26. The zero-order valence-corrected chi connectivity index (χ0v) is 10.8. The van der Waals surface area contributed by atoms with E-state index in [2.05, 4.69) is 5.32 Å². The number of benzene rings is 1. The van der Waals surface area contributed by atoms with Crippen molar-refractivity contribution >= 4 is 11.9 Å². The first kappa shape index (κ1) is 13.4. The van der Waals surface area contributed by atoms with Crippen LogP contribution in [0.2, 0.25) is 0 Å². The Hall–Kier alpha value is -2.04. The second kappa shape index (κ2) is 5.73. The minimum atomic E-state index is -0.884. The first-order chi connectivity index (χ1) is 9.13. The van der Waals surface area contributed by atoms with E-state index >= 15 is 0 Å². The molecular formula is C14H17NO4. The topological polar surface area (TPSA) is 75.6 Å². The maximum absolute atomic E-state index is 11.7. The van der Waals surface area contributed by atoms with Crippen molar-refractivity contribution in [1.29, 1.82) is 0 Å². The van der Waals surface area contributed by atoms with Gasteiger partial charge in [-0.3, -0.25) is 9.59 Å². The number of nitrogens with one attached hydrogen (secondary N) is 1. The monoisotopic (exact) mass is 263 g/mol. The van der Waals surface area contributed by atoms with Gasteiger partial charge < -0.3 is 15.2 Å². The highest BCUT2D eigenvalue weighted by atomic mass is 16.5. The minimum Gasteiger partial charge on any atom is -0.496 e. The maximum atomic E-state index is 11.7. The lowest BCUT2D eigenvalue weighted by molar-refractivity contribution is -0.140. The van der Waals surface area contributed by atoms with Crippen molar-refractivity contribution in [2.24, 2.45) is 11.8 Å². The molecule has 0 unspecified atom stereocenters. The summed E-state index contributed by atoms with van der Waals surface area (Å²) in [6.07, 6.45) is 1.12. The third kappa shape index (κ3) is 3.24. The minimum absolute atomic E-state index is 0.165. The summed E-state index contributed by atoms with van der Waals surface area (Å²) >= 11 is 0. The van der Waals surface area contributed by atoms with E-state index in [1.54, 1.807) is 7.11 Å². The van der Waals surface area contributed by atoms with Gasteiger partial charge in [0.15, 0.2) is 0 Å². The molecule has 2 rings (SSSR count). The van der Waals surface area contributed by atoms with Gasteiger partial charge in [0.25, 0.3) is 0 Å². The number of methoxy groups -OCH3 is 1. The highest BCUT2D eigenvalue weighted by Gasteiger charge is 2.48. The predicted molar refractivity (Wildman–Crippen MR) is 68.9 cm³/mol. The van der Waals surface area contributed by atoms with E-state index in [4.69, 9.17) is 9.84 Å². The van der Waals surface area contributed by atoms with Gasteiger partial charge in [0.2, 0.25) is 5.91 Å². The summed E-state index contributed by atoms with van der Waals surface area (Å²) in [6.45, 7) is 0.488. The number of hydrogen-bond donors (Lipinski definition) is 2. The molecule has 0 bridgehead atoms. The molecule has 5 nitrogen and oxygen atoms in total. The maximum Gasteiger partial charge on any atom is 0.307 e. The lowest BCUT2D eigenvalue weighted by Crippen LogP contribution is -2.28. The van der Waals surface area contributed by atoms with Gasteiger partial charge in [-0.15, -0.1) is 0 Å². The quantitative estimate of drug-likeness (QED) is 0.805. The van der Waals surface area contributed by atoms with Crippen LogP contribution in [0.1, 0.15) is 12.0 Å². The molecule has 0 saturated heterocycles. The van der Waals surface area contributed by atoms with E-state index < -0.39 is 11.9 Å². The Morgan fingerprint density at radius 2 is 2.11 bits per heavy atom. The van der Waals surface area contributed by atoms with Crippen LogP contribution < -0.4 is 10.1 Å². The fourth-order valence-electron chi connectivity index (χ4n) is 2.12. The lowest BCUT2D eigenvalue weighted by atomic mass is 10.1. The van der Waals surface area contributed by atoms with Crippen molar-refractivity contribution in [1.82, 2.24) is 5.32 Å². The Labute approximate surface area is 111 Å². The summed E-state index contributed by atoms with van der Waals surface area (Å²) < 4.78 is 5.22. The molecule has 1 aromatic carbocycles. The smallest absolute Gasteiger partial charge is 0.307 e. The zero-order valence-electron chi connectivity index (χ0n) is 10.8. The average Bonchev–Trinajstić information content (AvgIpc) is 3.19. The molecule has 5 heteroatoms. The van der Waals surface area contributed by atoms with Crippen LogP contribution in [-0.4, -0.2) is 30.6 Å². The van der Waals surface area contributed by atoms with Crippen LogP contribution in [0.4, 0.5) is 0 Å². The van der Waals surface area contributed by atoms with Crippen LogP contribution >= 0.6 is 0 Å². The van der Waals surface area contributed by atoms with E-state index in [0.717, 1.165) is 11.3 Å². The van der Waals surface area contributed by atoms with Crippen LogP contribution in [0.15, 0.2) is 24.3 Å². The second-order valence-corrected chi connectivity index (χ2v) is 4.64. The van der Waals surface area contributed by atoms with Gasteiger partial charge in [0, 0.05) is 6.54 Å². The standard InChI is InChI=1S/C14H17NO4/c1-19-12-5-3-2-4-9(12)6-7-15-13(16)10-8-11(10)14(17)18/h2-5,10-11H,6-8H2,1H3,(H,15,16)(H,17,18)/t10-,11+/m1/s1. The summed E-state index contributed by atoms with van der Waals surface area (Å²) in [6, 6.07) is 7.63. The molecular weight excluding hydrogens is 246 g/mol. The van der Waals surface area contributed by atoms with E-state index in [1.807, 2.05) is 24.3 Å². The Morgan fingerprint density at radius 1 is 1.37 bits per heavy atom. The molecule has 1 saturated carbocycles. The number of aliphatic carboxylic acids is 1. The third-order valence-electron chi connectivity index (χ3n) is 3.33. The van der Waals surface area contributed by atoms with Gasteiger partial charge in [-0.2, -0.15) is 0 Å². The number of carboxylic acid groups (broad SMARTS) is 1. The molecule has 1 aromatic rings. The number of amides is 1. The lowest BCUT2D eigenvalue weighted by Gasteiger charge is -2.08. The zero-order chi connectivity index (χ0) is 13.8. The van der Waals surface area contributed by atoms with Gasteiger partial charge >= 0.3 is 5.97 Å². The van der Waals surface area contributed by atoms with Gasteiger partial charge in [-0.25, -0.2) is 0 Å². The summed E-state index contributed by atoms with van der Waals surface area (Å²) in [5.41, 5.74) is 1.02. The summed E-state index contributed by atoms with van der Waals surface area (Å²) in [5, 5.41) is 11.5. The number of hydrogen-bond acceptors (Lipinski definition) is 3. The molecule has 102 valence electrons. The van der Waals surface area contributed by atoms with E-state index in [0.29, 0.717) is 19.4 Å². The van der Waals surface area contributed by atoms with Crippen molar-refractivity contribution in [3.63, 3.8) is 0 Å². The van der Waals surface area contributed by atoms with Crippen molar-refractivity contribution in [3.8, 4) is 5.75 Å². The average molecular weight is 263 g/mol. The number of ether oxygens (including phenoxy) is 1. The van der Waals surface area contributed by atoms with Crippen molar-refractivity contribution in [2.75, 3.05) is 13.7 Å². The van der Waals surface area contributed by atoms with E-state index in [-0.39, 0.29) is 11.8 Å². The predicted octanol–water partition coefficient (Wildman–Crippen LogP) is 1.07. The van der Waals surface area contributed by atoms with Crippen LogP contribution in [0.5, 0.6) is 5.75 Å². The summed E-state index contributed by atoms with van der Waals surface area (Å²) in [4.78, 5) is 22.3. The Morgan fingerprint density at radius 3 is 2.74 bits per heavy atom. The van der Waals surface area contributed by atoms with Crippen molar-refractivity contribution in [2.45, 2.75) is 12.8 Å². The Kier molecular flexibility index (Phi) is 4.04. The molecule has 1 aliphatic carbocycles. The molecule has 2 atom stereocenters. The van der Waals surface area contributed by atoms with Crippen LogP contribution in [0.3, 0.4) is 0 Å². The highest BCUT2D eigenvalue weighted by molar-refractivity contribution is 5.89. The number of carboxylic acids is 1. The van der Waals surface area contributed by atoms with Crippen LogP contribution in [-0.2, 0) is 16.0 Å². The van der Waals surface area contributed by atoms with Crippen LogP contribution in [0, 0.1) is 11.8 Å². The normalized spacial score (nSPS) is 20.7. The van der Waals surface area contributed by atoms with E-state index in [1.165, 1.54) is 0 Å². The van der Waals surface area contributed by atoms with Gasteiger partial charge in [0.05, 0.1) is 18.9 Å². The molecule has 0 spiro atoms. The fraction of sp³-hybridized carbons (Fsp3) is 0.429. The molecule has 0 radical (unpaired) electrons. The molecule has 2 N–H and O–H groups in total. The molecule has 0 aliphatic heterocycles. The van der Waals surface area contributed by atoms with E-state index in [9.17, 15) is 9.59 Å². The fourth-order valence-corrected chi connectivity index (χ4v) is 2.12. The molecule has 1 amide bonds. The Balaban J connectivity index is 1.78. The van der Waals surface area contributed by atoms with Crippen molar-refractivity contribution in [3.05, 3.63) is 29.8 Å². The number of carbonyl (C=O) groups is 2. The molecule has 0 aromatic heterocycles. The van der Waals surface area contributed by atoms with Gasteiger partial charge in [0.1, 0.15) is 5.75 Å². The molecule has 1 aliphatic rings. The highest BCUT2D eigenvalue weighted by Crippen LogP contribution is 2.38. The van der Waals surface area contributed by atoms with Gasteiger partial charge in [-0.1, -0.05) is 18.2 Å². The van der Waals surface area contributed by atoms with Crippen molar-refractivity contribution < 1.29 is 19.4 Å². The number of para-hydroxylation sites is 1. The van der Waals surface area contributed by atoms with Crippen LogP contribution in [0.25, 0.3) is 0 Å².